The Kier molecular flexibility index (Phi) is 3.44. The SMILES string of the molecule is CCC(C)(C)C1=C(C)C(O)C(C)=C(C)C1=O. The lowest BCUT2D eigenvalue weighted by Crippen LogP contribution is -2.31. The van der Waals surface area contributed by atoms with Gasteiger partial charge in [0, 0.05) is 5.57 Å². The van der Waals surface area contributed by atoms with Crippen molar-refractivity contribution < 1.29 is 9.90 Å². The van der Waals surface area contributed by atoms with Crippen LogP contribution in [0, 0.1) is 5.41 Å². The Bertz CT molecular complexity index is 384. The van der Waals surface area contributed by atoms with Crippen LogP contribution in [0.3, 0.4) is 0 Å². The predicted molar refractivity (Wildman–Crippen MR) is 66.2 cm³/mol. The van der Waals surface area contributed by atoms with Crippen LogP contribution in [0.2, 0.25) is 0 Å². The van der Waals surface area contributed by atoms with Gasteiger partial charge in [0.25, 0.3) is 0 Å². The monoisotopic (exact) mass is 222 g/mol. The zero-order valence-corrected chi connectivity index (χ0v) is 11.1. The first kappa shape index (κ1) is 13.2. The molecule has 2 heteroatoms. The highest BCUT2D eigenvalue weighted by Gasteiger charge is 2.35. The molecule has 0 aromatic carbocycles. The lowest BCUT2D eigenvalue weighted by Gasteiger charge is -2.33. The molecule has 0 aliphatic heterocycles. The lowest BCUT2D eigenvalue weighted by molar-refractivity contribution is -0.113. The molecule has 0 aromatic rings. The van der Waals surface area contributed by atoms with E-state index in [4.69, 9.17) is 0 Å². The maximum atomic E-state index is 12.3. The van der Waals surface area contributed by atoms with Crippen molar-refractivity contribution in [2.45, 2.75) is 54.1 Å². The van der Waals surface area contributed by atoms with Crippen LogP contribution in [0.25, 0.3) is 0 Å². The van der Waals surface area contributed by atoms with E-state index in [9.17, 15) is 9.90 Å². The van der Waals surface area contributed by atoms with Gasteiger partial charge >= 0.3 is 0 Å². The van der Waals surface area contributed by atoms with Gasteiger partial charge in [-0.1, -0.05) is 20.8 Å². The predicted octanol–water partition coefficient (Wildman–Crippen LogP) is 3.02. The van der Waals surface area contributed by atoms with Crippen LogP contribution in [0.1, 0.15) is 48.0 Å². The fourth-order valence-corrected chi connectivity index (χ4v) is 2.23. The third kappa shape index (κ3) is 1.86. The number of Topliss-reactive ketones (excluding diaryl/α,β-unsaturated/α-hetero) is 1. The Morgan fingerprint density at radius 1 is 1.19 bits per heavy atom. The van der Waals surface area contributed by atoms with Gasteiger partial charge in [-0.2, -0.15) is 0 Å². The molecule has 1 rings (SSSR count). The van der Waals surface area contributed by atoms with Crippen molar-refractivity contribution in [1.29, 1.82) is 0 Å². The number of hydrogen-bond donors (Lipinski definition) is 1. The normalized spacial score (nSPS) is 23.2. The zero-order chi connectivity index (χ0) is 12.7. The first-order valence-corrected chi connectivity index (χ1v) is 5.85. The first-order chi connectivity index (χ1) is 7.24. The molecule has 0 aromatic heterocycles. The molecule has 0 fully saturated rings. The minimum Gasteiger partial charge on any atom is -0.384 e. The highest BCUT2D eigenvalue weighted by atomic mass is 16.3. The summed E-state index contributed by atoms with van der Waals surface area (Å²) < 4.78 is 0. The molecular formula is C14H22O2. The molecule has 1 aliphatic rings. The minimum atomic E-state index is -0.585. The molecule has 0 bridgehead atoms. The van der Waals surface area contributed by atoms with Gasteiger partial charge in [0.2, 0.25) is 0 Å². The molecule has 1 atom stereocenters. The number of carbonyl (C=O) groups is 1. The van der Waals surface area contributed by atoms with Crippen molar-refractivity contribution in [3.05, 3.63) is 22.3 Å². The van der Waals surface area contributed by atoms with E-state index in [1.54, 1.807) is 6.92 Å². The summed E-state index contributed by atoms with van der Waals surface area (Å²) >= 11 is 0. The number of carbonyl (C=O) groups excluding carboxylic acids is 1. The maximum Gasteiger partial charge on any atom is 0.185 e. The maximum absolute atomic E-state index is 12.3. The quantitative estimate of drug-likeness (QED) is 0.779. The molecule has 1 aliphatic carbocycles. The van der Waals surface area contributed by atoms with Crippen LogP contribution in [-0.2, 0) is 4.79 Å². The van der Waals surface area contributed by atoms with Crippen molar-refractivity contribution in [3.63, 3.8) is 0 Å². The van der Waals surface area contributed by atoms with Gasteiger partial charge in [0.1, 0.15) is 0 Å². The van der Waals surface area contributed by atoms with Crippen LogP contribution in [-0.4, -0.2) is 17.0 Å². The lowest BCUT2D eigenvalue weighted by atomic mass is 9.71. The number of hydrogen-bond acceptors (Lipinski definition) is 2. The smallest absolute Gasteiger partial charge is 0.185 e. The summed E-state index contributed by atoms with van der Waals surface area (Å²) in [6.07, 6.45) is 0.309. The summed E-state index contributed by atoms with van der Waals surface area (Å²) in [4.78, 5) is 12.3. The Hall–Kier alpha value is -0.890. The second-order valence-electron chi connectivity index (χ2n) is 5.34. The standard InChI is InChI=1S/C14H22O2/c1-7-14(5,6)11-10(4)12(15)8(2)9(3)13(11)16/h12,15H,7H2,1-6H3. The van der Waals surface area contributed by atoms with E-state index in [0.29, 0.717) is 5.57 Å². The van der Waals surface area contributed by atoms with Gasteiger partial charge in [0.15, 0.2) is 5.78 Å². The number of rotatable bonds is 2. The fraction of sp³-hybridized carbons (Fsp3) is 0.643. The van der Waals surface area contributed by atoms with Gasteiger partial charge in [-0.3, -0.25) is 4.79 Å². The molecule has 0 spiro atoms. The Morgan fingerprint density at radius 3 is 2.12 bits per heavy atom. The van der Waals surface area contributed by atoms with Crippen LogP contribution >= 0.6 is 0 Å². The molecule has 1 unspecified atom stereocenters. The van der Waals surface area contributed by atoms with Crippen molar-refractivity contribution in [1.82, 2.24) is 0 Å². The molecule has 2 nitrogen and oxygen atoms in total. The molecule has 90 valence electrons. The van der Waals surface area contributed by atoms with E-state index in [-0.39, 0.29) is 11.2 Å². The highest BCUT2D eigenvalue weighted by molar-refractivity contribution is 6.11. The van der Waals surface area contributed by atoms with E-state index in [1.165, 1.54) is 0 Å². The third-order valence-electron chi connectivity index (χ3n) is 3.93. The van der Waals surface area contributed by atoms with E-state index >= 15 is 0 Å². The summed E-state index contributed by atoms with van der Waals surface area (Å²) in [6, 6.07) is 0. The summed E-state index contributed by atoms with van der Waals surface area (Å²) in [5, 5.41) is 10.1. The molecule has 1 N–H and O–H groups in total. The second-order valence-corrected chi connectivity index (χ2v) is 5.34. The van der Waals surface area contributed by atoms with Gasteiger partial charge in [0.05, 0.1) is 6.10 Å². The summed E-state index contributed by atoms with van der Waals surface area (Å²) in [5.74, 6) is 0.104. The van der Waals surface area contributed by atoms with Crippen LogP contribution in [0.15, 0.2) is 22.3 Å². The average Bonchev–Trinajstić information content (AvgIpc) is 2.23. The topological polar surface area (TPSA) is 37.3 Å². The van der Waals surface area contributed by atoms with Crippen molar-refractivity contribution in [2.75, 3.05) is 0 Å². The fourth-order valence-electron chi connectivity index (χ4n) is 2.23. The van der Waals surface area contributed by atoms with E-state index in [2.05, 4.69) is 20.8 Å². The van der Waals surface area contributed by atoms with Crippen molar-refractivity contribution >= 4 is 5.78 Å². The highest BCUT2D eigenvalue weighted by Crippen LogP contribution is 2.39. The number of aliphatic hydroxyl groups is 1. The molecular weight excluding hydrogens is 200 g/mol. The Labute approximate surface area is 98.1 Å². The van der Waals surface area contributed by atoms with Crippen LogP contribution in [0.4, 0.5) is 0 Å². The molecule has 0 amide bonds. The molecule has 0 heterocycles. The summed E-state index contributed by atoms with van der Waals surface area (Å²) in [6.45, 7) is 11.7. The van der Waals surface area contributed by atoms with Gasteiger partial charge < -0.3 is 5.11 Å². The van der Waals surface area contributed by atoms with E-state index in [1.807, 2.05) is 13.8 Å². The number of allylic oxidation sites excluding steroid dienone is 2. The number of ketones is 1. The van der Waals surface area contributed by atoms with Crippen molar-refractivity contribution in [3.8, 4) is 0 Å². The minimum absolute atomic E-state index is 0.104. The Balaban J connectivity index is 3.35. The molecule has 0 radical (unpaired) electrons. The Morgan fingerprint density at radius 2 is 1.69 bits per heavy atom. The average molecular weight is 222 g/mol. The zero-order valence-electron chi connectivity index (χ0n) is 11.1. The van der Waals surface area contributed by atoms with Crippen LogP contribution < -0.4 is 0 Å². The summed E-state index contributed by atoms with van der Waals surface area (Å²) in [7, 11) is 0. The van der Waals surface area contributed by atoms with Gasteiger partial charge in [-0.25, -0.2) is 0 Å². The van der Waals surface area contributed by atoms with Gasteiger partial charge in [-0.15, -0.1) is 0 Å². The number of aliphatic hydroxyl groups excluding tert-OH is 1. The molecule has 16 heavy (non-hydrogen) atoms. The third-order valence-corrected chi connectivity index (χ3v) is 3.93. The second kappa shape index (κ2) is 4.17. The molecule has 0 saturated carbocycles. The summed E-state index contributed by atoms with van der Waals surface area (Å²) in [5.41, 5.74) is 2.95. The van der Waals surface area contributed by atoms with Crippen LogP contribution in [0.5, 0.6) is 0 Å². The van der Waals surface area contributed by atoms with Crippen molar-refractivity contribution in [2.24, 2.45) is 5.41 Å². The molecule has 0 saturated heterocycles. The first-order valence-electron chi connectivity index (χ1n) is 5.85. The van der Waals surface area contributed by atoms with E-state index < -0.39 is 6.10 Å². The largest absolute Gasteiger partial charge is 0.384 e. The van der Waals surface area contributed by atoms with E-state index in [0.717, 1.165) is 23.1 Å². The van der Waals surface area contributed by atoms with Gasteiger partial charge in [-0.05, 0) is 49.3 Å².